The molecule has 40 heavy (non-hydrogen) atoms. The Hall–Kier alpha value is -2.93. The average molecular weight is 588 g/mol. The first-order valence-corrected chi connectivity index (χ1v) is 13.6. The lowest BCUT2D eigenvalue weighted by Crippen LogP contribution is -2.47. The van der Waals surface area contributed by atoms with Gasteiger partial charge in [0.25, 0.3) is 0 Å². The van der Waals surface area contributed by atoms with Crippen molar-refractivity contribution in [3.05, 3.63) is 58.5 Å². The number of nitroso groups, excluding NO2 is 1. The second-order valence-corrected chi connectivity index (χ2v) is 10.6. The summed E-state index contributed by atoms with van der Waals surface area (Å²) in [6, 6.07) is 9.02. The summed E-state index contributed by atoms with van der Waals surface area (Å²) in [5.74, 6) is 0. The Morgan fingerprint density at radius 3 is 2.02 bits per heavy atom. The molecule has 0 atom stereocenters. The minimum atomic E-state index is -4.65. The van der Waals surface area contributed by atoms with Gasteiger partial charge in [-0.2, -0.15) is 26.3 Å². The molecule has 0 saturated carbocycles. The quantitative estimate of drug-likeness (QED) is 0.213. The molecule has 2 aromatic carbocycles. The molecule has 13 heteroatoms. The molecular weight excluding hydrogens is 556 g/mol. The maximum absolute atomic E-state index is 13.3. The minimum Gasteiger partial charge on any atom is -0.377 e. The van der Waals surface area contributed by atoms with Crippen molar-refractivity contribution in [1.82, 2.24) is 10.2 Å². The van der Waals surface area contributed by atoms with Crippen LogP contribution in [0.15, 0.2) is 47.6 Å². The van der Waals surface area contributed by atoms with Crippen LogP contribution in [0.1, 0.15) is 36.8 Å². The van der Waals surface area contributed by atoms with Crippen LogP contribution >= 0.6 is 12.2 Å². The molecule has 2 aromatic rings. The zero-order valence-corrected chi connectivity index (χ0v) is 22.6. The molecule has 0 bridgehead atoms. The summed E-state index contributed by atoms with van der Waals surface area (Å²) in [7, 11) is 0. The molecule has 2 fully saturated rings. The molecule has 0 spiro atoms. The molecule has 2 aliphatic rings. The molecule has 2 aliphatic heterocycles. The Morgan fingerprint density at radius 1 is 0.850 bits per heavy atom. The van der Waals surface area contributed by atoms with E-state index in [1.807, 2.05) is 4.90 Å². The topological polar surface area (TPSA) is 51.2 Å². The minimum absolute atomic E-state index is 0.147. The van der Waals surface area contributed by atoms with Crippen molar-refractivity contribution >= 4 is 34.3 Å². The second-order valence-electron chi connectivity index (χ2n) is 10.1. The predicted octanol–water partition coefficient (Wildman–Crippen LogP) is 6.61. The van der Waals surface area contributed by atoms with E-state index in [1.165, 1.54) is 18.2 Å². The van der Waals surface area contributed by atoms with E-state index in [0.717, 1.165) is 93.3 Å². The maximum Gasteiger partial charge on any atom is 0.418 e. The van der Waals surface area contributed by atoms with E-state index in [4.69, 9.17) is 12.2 Å². The molecule has 218 valence electrons. The second kappa shape index (κ2) is 12.7. The molecule has 0 unspecified atom stereocenters. The normalized spacial score (nSPS) is 17.6. The summed E-state index contributed by atoms with van der Waals surface area (Å²) in [6.45, 7) is 5.12. The third-order valence-electron chi connectivity index (χ3n) is 7.42. The predicted molar refractivity (Wildman–Crippen MR) is 147 cm³/mol. The van der Waals surface area contributed by atoms with Crippen LogP contribution in [0.5, 0.6) is 0 Å². The van der Waals surface area contributed by atoms with Crippen LogP contribution < -0.4 is 15.1 Å². The summed E-state index contributed by atoms with van der Waals surface area (Å²) in [4.78, 5) is 17.8. The lowest BCUT2D eigenvalue weighted by Gasteiger charge is -2.36. The van der Waals surface area contributed by atoms with Crippen molar-refractivity contribution in [3.63, 3.8) is 0 Å². The van der Waals surface area contributed by atoms with Gasteiger partial charge in [0, 0.05) is 56.7 Å². The Balaban J connectivity index is 1.15. The third-order valence-corrected chi connectivity index (χ3v) is 7.74. The van der Waals surface area contributed by atoms with Crippen LogP contribution in [0.3, 0.4) is 0 Å². The third kappa shape index (κ3) is 7.84. The van der Waals surface area contributed by atoms with Gasteiger partial charge in [-0.05, 0) is 79.9 Å². The maximum atomic E-state index is 13.3. The molecular formula is C27H31F6N5OS. The number of rotatable bonds is 8. The fourth-order valence-electron chi connectivity index (χ4n) is 5.16. The van der Waals surface area contributed by atoms with E-state index in [1.54, 1.807) is 0 Å². The van der Waals surface area contributed by atoms with E-state index in [9.17, 15) is 31.2 Å². The van der Waals surface area contributed by atoms with Crippen molar-refractivity contribution in [2.24, 2.45) is 5.18 Å². The van der Waals surface area contributed by atoms with Crippen molar-refractivity contribution in [3.8, 4) is 0 Å². The number of anilines is 2. The highest BCUT2D eigenvalue weighted by Crippen LogP contribution is 2.39. The van der Waals surface area contributed by atoms with E-state index in [0.29, 0.717) is 18.8 Å². The van der Waals surface area contributed by atoms with Gasteiger partial charge in [-0.1, -0.05) is 12.2 Å². The summed E-state index contributed by atoms with van der Waals surface area (Å²) in [5.41, 5.74) is -1.08. The molecule has 0 aliphatic carbocycles. The van der Waals surface area contributed by atoms with Crippen LogP contribution in [0.4, 0.5) is 43.4 Å². The summed E-state index contributed by atoms with van der Waals surface area (Å²) >= 11 is 5.53. The average Bonchev–Trinajstić information content (AvgIpc) is 2.92. The number of alkyl halides is 6. The highest BCUT2D eigenvalue weighted by atomic mass is 32.1. The van der Waals surface area contributed by atoms with Crippen LogP contribution in [0, 0.1) is 4.91 Å². The number of nitrogens with one attached hydrogen (secondary N) is 1. The van der Waals surface area contributed by atoms with E-state index in [-0.39, 0.29) is 6.04 Å². The van der Waals surface area contributed by atoms with Crippen molar-refractivity contribution in [2.75, 3.05) is 55.6 Å². The number of hydrogen-bond acceptors (Lipinski definition) is 6. The lowest BCUT2D eigenvalue weighted by atomic mass is 10.0. The van der Waals surface area contributed by atoms with Crippen LogP contribution in [-0.4, -0.2) is 61.7 Å². The van der Waals surface area contributed by atoms with Gasteiger partial charge in [0.2, 0.25) is 0 Å². The summed E-state index contributed by atoms with van der Waals surface area (Å²) < 4.78 is 78.2. The van der Waals surface area contributed by atoms with Crippen molar-refractivity contribution in [1.29, 1.82) is 0 Å². The zero-order valence-electron chi connectivity index (χ0n) is 21.8. The lowest BCUT2D eigenvalue weighted by molar-refractivity contribution is -0.138. The van der Waals surface area contributed by atoms with Crippen molar-refractivity contribution in [2.45, 2.75) is 44.1 Å². The first-order chi connectivity index (χ1) is 18.9. The molecule has 4 rings (SSSR count). The monoisotopic (exact) mass is 587 g/mol. The van der Waals surface area contributed by atoms with Gasteiger partial charge >= 0.3 is 12.4 Å². The Kier molecular flexibility index (Phi) is 9.55. The van der Waals surface area contributed by atoms with Gasteiger partial charge in [0.05, 0.1) is 16.1 Å². The van der Waals surface area contributed by atoms with Crippen LogP contribution in [0.2, 0.25) is 0 Å². The molecule has 6 nitrogen and oxygen atoms in total. The Morgan fingerprint density at radius 2 is 1.45 bits per heavy atom. The van der Waals surface area contributed by atoms with E-state index < -0.39 is 29.2 Å². The largest absolute Gasteiger partial charge is 0.418 e. The smallest absolute Gasteiger partial charge is 0.377 e. The van der Waals surface area contributed by atoms with E-state index >= 15 is 0 Å². The highest BCUT2D eigenvalue weighted by Gasteiger charge is 2.35. The SMILES string of the molecule is O=Nc1ccc(N2CCC(NC(=S)CCCN3CCN(c4ccc(C(F)(F)F)cc4)CC3)CC2)cc1C(F)(F)F. The van der Waals surface area contributed by atoms with Crippen LogP contribution in [-0.2, 0) is 12.4 Å². The van der Waals surface area contributed by atoms with Crippen molar-refractivity contribution < 1.29 is 26.3 Å². The first kappa shape index (κ1) is 30.0. The molecule has 0 aromatic heterocycles. The fraction of sp³-hybridized carbons (Fsp3) is 0.519. The molecule has 0 radical (unpaired) electrons. The van der Waals surface area contributed by atoms with Crippen LogP contribution in [0.25, 0.3) is 0 Å². The summed E-state index contributed by atoms with van der Waals surface area (Å²) in [6.07, 6.45) is -5.93. The molecule has 2 heterocycles. The highest BCUT2D eigenvalue weighted by molar-refractivity contribution is 7.80. The van der Waals surface area contributed by atoms with Gasteiger partial charge in [-0.15, -0.1) is 4.91 Å². The van der Waals surface area contributed by atoms with Gasteiger partial charge < -0.3 is 15.1 Å². The fourth-order valence-corrected chi connectivity index (χ4v) is 5.47. The molecule has 2 saturated heterocycles. The Bertz CT molecular complexity index is 1160. The zero-order chi connectivity index (χ0) is 28.9. The Labute approximate surface area is 234 Å². The van der Waals surface area contributed by atoms with Gasteiger partial charge in [0.1, 0.15) is 5.69 Å². The van der Waals surface area contributed by atoms with Gasteiger partial charge in [-0.3, -0.25) is 4.90 Å². The first-order valence-electron chi connectivity index (χ1n) is 13.2. The number of piperazine rings is 1. The molecule has 1 N–H and O–H groups in total. The number of nitrogens with zero attached hydrogens (tertiary/aromatic N) is 4. The van der Waals surface area contributed by atoms with Gasteiger partial charge in [-0.25, -0.2) is 0 Å². The number of hydrogen-bond donors (Lipinski definition) is 1. The number of piperidine rings is 1. The molecule has 0 amide bonds. The number of benzene rings is 2. The standard InChI is InChI=1S/C27H31F6N5OS/c28-26(29,30)19-3-5-21(6-4-19)38-16-14-36(15-17-38)11-1-2-25(40)34-20-9-12-37(13-10-20)22-7-8-24(35-39)23(18-22)27(31,32)33/h3-8,18,20H,1-2,9-17H2,(H,34,40). The number of halogens is 6. The van der Waals surface area contributed by atoms with Gasteiger partial charge in [0.15, 0.2) is 0 Å². The summed E-state index contributed by atoms with van der Waals surface area (Å²) in [5, 5.41) is 5.89. The number of thiocarbonyl (C=S) groups is 1. The van der Waals surface area contributed by atoms with E-state index in [2.05, 4.69) is 20.3 Å².